The number of nitrogens with one attached hydrogen (secondary N) is 1. The molecule has 0 atom stereocenters. The molecular weight excluding hydrogens is 356 g/mol. The zero-order chi connectivity index (χ0) is 16.6. The van der Waals surface area contributed by atoms with Crippen molar-refractivity contribution in [1.29, 1.82) is 0 Å². The van der Waals surface area contributed by atoms with Gasteiger partial charge in [-0.25, -0.2) is 9.97 Å². The number of rotatable bonds is 4. The number of hydrogen-bond acceptors (Lipinski definition) is 5. The van der Waals surface area contributed by atoms with E-state index in [9.17, 15) is 8.42 Å². The molecule has 9 heteroatoms. The summed E-state index contributed by atoms with van der Waals surface area (Å²) in [4.78, 5) is 8.22. The minimum atomic E-state index is -3.82. The summed E-state index contributed by atoms with van der Waals surface area (Å²) in [7, 11) is -2.20. The van der Waals surface area contributed by atoms with Crippen molar-refractivity contribution in [3.05, 3.63) is 46.1 Å². The summed E-state index contributed by atoms with van der Waals surface area (Å²) in [6.45, 7) is 1.94. The van der Waals surface area contributed by atoms with Crippen LogP contribution in [-0.4, -0.2) is 23.0 Å². The number of hydrogen-bond donors (Lipinski definition) is 1. The first-order valence-corrected chi connectivity index (χ1v) is 9.33. The largest absolute Gasteiger partial charge is 0.324 e. The van der Waals surface area contributed by atoms with E-state index in [1.165, 1.54) is 10.9 Å². The molecule has 0 saturated carbocycles. The number of nitrogens with zero attached hydrogens (tertiary/aromatic N) is 3. The molecule has 23 heavy (non-hydrogen) atoms. The Labute approximate surface area is 142 Å². The van der Waals surface area contributed by atoms with Crippen molar-refractivity contribution in [1.82, 2.24) is 14.5 Å². The third-order valence-electron chi connectivity index (χ3n) is 3.14. The molecule has 0 aliphatic carbocycles. The van der Waals surface area contributed by atoms with Crippen LogP contribution in [0.4, 0.5) is 5.69 Å². The Bertz CT molecular complexity index is 946. The van der Waals surface area contributed by atoms with E-state index in [2.05, 4.69) is 14.7 Å². The van der Waals surface area contributed by atoms with Crippen LogP contribution in [0.5, 0.6) is 0 Å². The Morgan fingerprint density at radius 1 is 1.26 bits per heavy atom. The highest BCUT2D eigenvalue weighted by molar-refractivity contribution is 7.92. The molecule has 0 aliphatic rings. The van der Waals surface area contributed by atoms with Crippen LogP contribution >= 0.6 is 22.9 Å². The predicted molar refractivity (Wildman–Crippen MR) is 91.3 cm³/mol. The van der Waals surface area contributed by atoms with Gasteiger partial charge in [0.1, 0.15) is 5.15 Å². The van der Waals surface area contributed by atoms with Crippen LogP contribution in [-0.2, 0) is 17.1 Å². The quantitative estimate of drug-likeness (QED) is 0.766. The molecule has 0 bridgehead atoms. The molecule has 2 heterocycles. The maximum atomic E-state index is 12.3. The number of sulfonamides is 1. The number of halogens is 1. The van der Waals surface area contributed by atoms with E-state index in [4.69, 9.17) is 11.6 Å². The molecular formula is C14H13ClN4O2S2. The second-order valence-corrected chi connectivity index (χ2v) is 7.90. The molecule has 120 valence electrons. The van der Waals surface area contributed by atoms with Gasteiger partial charge < -0.3 is 4.57 Å². The predicted octanol–water partition coefficient (Wildman–Crippen LogP) is 3.31. The first-order valence-electron chi connectivity index (χ1n) is 6.59. The zero-order valence-electron chi connectivity index (χ0n) is 12.3. The molecule has 0 unspecified atom stereocenters. The van der Waals surface area contributed by atoms with Gasteiger partial charge in [-0.1, -0.05) is 23.7 Å². The van der Waals surface area contributed by atoms with Crippen molar-refractivity contribution in [3.63, 3.8) is 0 Å². The van der Waals surface area contributed by atoms with Gasteiger partial charge in [0.15, 0.2) is 0 Å². The van der Waals surface area contributed by atoms with Crippen molar-refractivity contribution in [2.24, 2.45) is 7.05 Å². The molecule has 3 aromatic rings. The number of thiazole rings is 1. The SMILES string of the molecule is Cc1nc(-c2ccc(NS(=O)(=O)c3ncn(C)c3Cl)cc2)cs1. The van der Waals surface area contributed by atoms with E-state index in [0.29, 0.717) is 5.69 Å². The number of aryl methyl sites for hydroxylation is 2. The fourth-order valence-corrected chi connectivity index (χ4v) is 4.10. The highest BCUT2D eigenvalue weighted by Crippen LogP contribution is 2.25. The van der Waals surface area contributed by atoms with Gasteiger partial charge >= 0.3 is 0 Å². The Kier molecular flexibility index (Phi) is 4.13. The van der Waals surface area contributed by atoms with Crippen molar-refractivity contribution < 1.29 is 8.42 Å². The smallest absolute Gasteiger partial charge is 0.282 e. The number of benzene rings is 1. The highest BCUT2D eigenvalue weighted by atomic mass is 35.5. The Morgan fingerprint density at radius 2 is 1.96 bits per heavy atom. The van der Waals surface area contributed by atoms with E-state index < -0.39 is 10.0 Å². The highest BCUT2D eigenvalue weighted by Gasteiger charge is 2.22. The first kappa shape index (κ1) is 16.0. The van der Waals surface area contributed by atoms with E-state index in [-0.39, 0.29) is 10.2 Å². The van der Waals surface area contributed by atoms with Crippen molar-refractivity contribution in [2.45, 2.75) is 11.9 Å². The monoisotopic (exact) mass is 368 g/mol. The number of anilines is 1. The molecule has 0 aliphatic heterocycles. The molecule has 0 fully saturated rings. The minimum absolute atomic E-state index is 0.0621. The van der Waals surface area contributed by atoms with Crippen LogP contribution in [0.1, 0.15) is 5.01 Å². The second kappa shape index (κ2) is 5.95. The van der Waals surface area contributed by atoms with Crippen molar-refractivity contribution >= 4 is 38.6 Å². The summed E-state index contributed by atoms with van der Waals surface area (Å²) in [6.07, 6.45) is 1.35. The lowest BCUT2D eigenvalue weighted by atomic mass is 10.1. The summed E-state index contributed by atoms with van der Waals surface area (Å²) < 4.78 is 28.5. The van der Waals surface area contributed by atoms with E-state index in [1.54, 1.807) is 30.5 Å². The first-order chi connectivity index (χ1) is 10.9. The summed E-state index contributed by atoms with van der Waals surface area (Å²) in [5.41, 5.74) is 2.23. The molecule has 1 aromatic carbocycles. The lowest BCUT2D eigenvalue weighted by Crippen LogP contribution is -2.14. The van der Waals surface area contributed by atoms with Gasteiger partial charge in [-0.2, -0.15) is 8.42 Å². The molecule has 3 rings (SSSR count). The maximum absolute atomic E-state index is 12.3. The van der Waals surface area contributed by atoms with Gasteiger partial charge in [-0.15, -0.1) is 11.3 Å². The topological polar surface area (TPSA) is 76.9 Å². The zero-order valence-corrected chi connectivity index (χ0v) is 14.7. The molecule has 6 nitrogen and oxygen atoms in total. The third kappa shape index (κ3) is 3.24. The molecule has 0 amide bonds. The summed E-state index contributed by atoms with van der Waals surface area (Å²) in [5.74, 6) is 0. The van der Waals surface area contributed by atoms with E-state index >= 15 is 0 Å². The maximum Gasteiger partial charge on any atom is 0.282 e. The third-order valence-corrected chi connectivity index (χ3v) is 5.78. The van der Waals surface area contributed by atoms with Gasteiger partial charge in [0, 0.05) is 23.7 Å². The number of aromatic nitrogens is 3. The molecule has 1 N–H and O–H groups in total. The van der Waals surface area contributed by atoms with E-state index in [0.717, 1.165) is 16.3 Å². The normalized spacial score (nSPS) is 11.6. The van der Waals surface area contributed by atoms with Gasteiger partial charge in [0.05, 0.1) is 17.0 Å². The van der Waals surface area contributed by atoms with Crippen molar-refractivity contribution in [3.8, 4) is 11.3 Å². The fraction of sp³-hybridized carbons (Fsp3) is 0.143. The van der Waals surface area contributed by atoms with Crippen LogP contribution in [0, 0.1) is 6.92 Å². The van der Waals surface area contributed by atoms with Gasteiger partial charge in [-0.05, 0) is 19.1 Å². The van der Waals surface area contributed by atoms with Crippen LogP contribution < -0.4 is 4.72 Å². The summed E-state index contributed by atoms with van der Waals surface area (Å²) >= 11 is 7.51. The Morgan fingerprint density at radius 3 is 2.48 bits per heavy atom. The molecule has 0 radical (unpaired) electrons. The minimum Gasteiger partial charge on any atom is -0.324 e. The Balaban J connectivity index is 1.84. The van der Waals surface area contributed by atoms with Gasteiger partial charge in [0.2, 0.25) is 5.03 Å². The molecule has 2 aromatic heterocycles. The van der Waals surface area contributed by atoms with Gasteiger partial charge in [0.25, 0.3) is 10.0 Å². The van der Waals surface area contributed by atoms with Crippen LogP contribution in [0.25, 0.3) is 11.3 Å². The van der Waals surface area contributed by atoms with Crippen LogP contribution in [0.2, 0.25) is 5.15 Å². The standard InChI is InChI=1S/C14H13ClN4O2S2/c1-9-17-12(7-22-9)10-3-5-11(6-4-10)18-23(20,21)14-13(15)19(2)8-16-14/h3-8,18H,1-2H3. The lowest BCUT2D eigenvalue weighted by Gasteiger charge is -2.07. The average molecular weight is 369 g/mol. The summed E-state index contributed by atoms with van der Waals surface area (Å²) in [5, 5.41) is 2.81. The Hall–Kier alpha value is -1.90. The van der Waals surface area contributed by atoms with E-state index in [1.807, 2.05) is 24.4 Å². The molecule has 0 saturated heterocycles. The molecule has 0 spiro atoms. The van der Waals surface area contributed by atoms with Crippen LogP contribution in [0.3, 0.4) is 0 Å². The van der Waals surface area contributed by atoms with Crippen molar-refractivity contribution in [2.75, 3.05) is 4.72 Å². The van der Waals surface area contributed by atoms with Crippen LogP contribution in [0.15, 0.2) is 41.0 Å². The summed E-state index contributed by atoms with van der Waals surface area (Å²) in [6, 6.07) is 6.98. The van der Waals surface area contributed by atoms with Gasteiger partial charge in [-0.3, -0.25) is 4.72 Å². The second-order valence-electron chi connectivity index (χ2n) is 4.89. The lowest BCUT2D eigenvalue weighted by molar-refractivity contribution is 0.598. The fourth-order valence-electron chi connectivity index (χ4n) is 1.98. The number of imidazole rings is 1. The average Bonchev–Trinajstić information content (AvgIpc) is 3.07.